The smallest absolute Gasteiger partial charge is 0.334 e. The minimum absolute atomic E-state index is 0.152. The van der Waals surface area contributed by atoms with Gasteiger partial charge in [0.05, 0.1) is 4.92 Å². The number of aromatic nitrogens is 2. The first-order valence-electron chi connectivity index (χ1n) is 7.13. The Labute approximate surface area is 123 Å². The lowest BCUT2D eigenvalue weighted by atomic mass is 10.00. The minimum atomic E-state index is -0.304. The van der Waals surface area contributed by atoms with Crippen LogP contribution in [0.3, 0.4) is 0 Å². The van der Waals surface area contributed by atoms with Gasteiger partial charge in [-0.2, -0.15) is 5.10 Å². The highest BCUT2D eigenvalue weighted by Gasteiger charge is 2.31. The second-order valence-electron chi connectivity index (χ2n) is 5.29. The molecule has 1 aromatic heterocycles. The van der Waals surface area contributed by atoms with E-state index in [2.05, 4.69) is 22.1 Å². The Bertz CT molecular complexity index is 693. The van der Waals surface area contributed by atoms with Gasteiger partial charge in [0.15, 0.2) is 0 Å². The van der Waals surface area contributed by atoms with Gasteiger partial charge >= 0.3 is 5.69 Å². The van der Waals surface area contributed by atoms with Crippen molar-refractivity contribution in [2.45, 2.75) is 26.3 Å². The van der Waals surface area contributed by atoms with Gasteiger partial charge in [-0.25, -0.2) is 4.68 Å². The summed E-state index contributed by atoms with van der Waals surface area (Å²) >= 11 is 0. The van der Waals surface area contributed by atoms with Crippen molar-refractivity contribution < 1.29 is 4.92 Å². The molecule has 3 rings (SSSR count). The molecule has 0 saturated heterocycles. The number of hydrogen-bond donors (Lipinski definition) is 0. The second kappa shape index (κ2) is 5.20. The molecule has 0 unspecified atom stereocenters. The number of benzene rings is 1. The van der Waals surface area contributed by atoms with Crippen LogP contribution >= 0.6 is 0 Å². The Kier molecular flexibility index (Phi) is 3.37. The van der Waals surface area contributed by atoms with Crippen LogP contribution in [0.4, 0.5) is 11.5 Å². The van der Waals surface area contributed by atoms with E-state index < -0.39 is 0 Å². The van der Waals surface area contributed by atoms with E-state index in [1.54, 1.807) is 11.7 Å². The number of aryl methyl sites for hydroxylation is 2. The van der Waals surface area contributed by atoms with Crippen LogP contribution in [-0.4, -0.2) is 21.2 Å². The first-order valence-corrected chi connectivity index (χ1v) is 7.13. The van der Waals surface area contributed by atoms with E-state index in [1.165, 1.54) is 11.1 Å². The van der Waals surface area contributed by atoms with Crippen molar-refractivity contribution in [3.8, 4) is 0 Å². The number of fused-ring (bicyclic) bond motifs is 1. The maximum absolute atomic E-state index is 11.4. The summed E-state index contributed by atoms with van der Waals surface area (Å²) in [6.07, 6.45) is 1.47. The second-order valence-corrected chi connectivity index (χ2v) is 5.29. The average Bonchev–Trinajstić information content (AvgIpc) is 2.83. The molecule has 0 atom stereocenters. The number of rotatable bonds is 3. The zero-order valence-corrected chi connectivity index (χ0v) is 12.2. The molecule has 2 heterocycles. The molecule has 2 aromatic rings. The maximum atomic E-state index is 11.4. The number of nitro groups is 1. The molecule has 1 aliphatic heterocycles. The third-order valence-electron chi connectivity index (χ3n) is 4.01. The Morgan fingerprint density at radius 3 is 2.71 bits per heavy atom. The SMILES string of the molecule is CCc1nn(C)c(N2CCc3ccccc3C2)c1[N+](=O)[O-]. The van der Waals surface area contributed by atoms with Gasteiger partial charge in [0.1, 0.15) is 5.69 Å². The number of anilines is 1. The van der Waals surface area contributed by atoms with E-state index in [0.29, 0.717) is 24.5 Å². The minimum Gasteiger partial charge on any atom is -0.346 e. The van der Waals surface area contributed by atoms with E-state index in [9.17, 15) is 10.1 Å². The van der Waals surface area contributed by atoms with Crippen LogP contribution in [0.25, 0.3) is 0 Å². The third kappa shape index (κ3) is 2.26. The summed E-state index contributed by atoms with van der Waals surface area (Å²) in [5.41, 5.74) is 3.27. The molecule has 110 valence electrons. The fourth-order valence-electron chi connectivity index (χ4n) is 3.01. The van der Waals surface area contributed by atoms with E-state index in [-0.39, 0.29) is 10.6 Å². The normalized spacial score (nSPS) is 14.1. The van der Waals surface area contributed by atoms with Crippen LogP contribution < -0.4 is 4.90 Å². The highest BCUT2D eigenvalue weighted by Crippen LogP contribution is 2.34. The molecule has 0 fully saturated rings. The maximum Gasteiger partial charge on any atom is 0.334 e. The number of nitrogens with zero attached hydrogens (tertiary/aromatic N) is 4. The van der Waals surface area contributed by atoms with E-state index in [4.69, 9.17) is 0 Å². The van der Waals surface area contributed by atoms with Crippen LogP contribution in [0.5, 0.6) is 0 Å². The predicted molar refractivity (Wildman–Crippen MR) is 80.4 cm³/mol. The first kappa shape index (κ1) is 13.6. The van der Waals surface area contributed by atoms with Crippen molar-refractivity contribution in [3.05, 3.63) is 51.2 Å². The largest absolute Gasteiger partial charge is 0.346 e. The standard InChI is InChI=1S/C15H18N4O2/c1-3-13-14(19(20)21)15(17(2)16-13)18-9-8-11-6-4-5-7-12(11)10-18/h4-7H,3,8-10H2,1-2H3. The molecule has 0 bridgehead atoms. The monoisotopic (exact) mass is 286 g/mol. The van der Waals surface area contributed by atoms with Crippen LogP contribution in [0.2, 0.25) is 0 Å². The molecular formula is C15H18N4O2. The molecule has 0 amide bonds. The lowest BCUT2D eigenvalue weighted by Crippen LogP contribution is -2.32. The Morgan fingerprint density at radius 2 is 2.05 bits per heavy atom. The van der Waals surface area contributed by atoms with Crippen LogP contribution in [0.15, 0.2) is 24.3 Å². The molecule has 6 heteroatoms. The van der Waals surface area contributed by atoms with Gasteiger partial charge in [-0.15, -0.1) is 0 Å². The van der Waals surface area contributed by atoms with E-state index in [1.807, 2.05) is 19.1 Å². The summed E-state index contributed by atoms with van der Waals surface area (Å²) in [4.78, 5) is 13.2. The lowest BCUT2D eigenvalue weighted by Gasteiger charge is -2.29. The zero-order chi connectivity index (χ0) is 15.0. The fourth-order valence-corrected chi connectivity index (χ4v) is 3.01. The van der Waals surface area contributed by atoms with Crippen LogP contribution in [0, 0.1) is 10.1 Å². The highest BCUT2D eigenvalue weighted by atomic mass is 16.6. The Morgan fingerprint density at radius 1 is 1.33 bits per heavy atom. The summed E-state index contributed by atoms with van der Waals surface area (Å²) in [6, 6.07) is 8.26. The summed E-state index contributed by atoms with van der Waals surface area (Å²) in [6.45, 7) is 3.37. The van der Waals surface area contributed by atoms with Gasteiger partial charge in [0.25, 0.3) is 0 Å². The fraction of sp³-hybridized carbons (Fsp3) is 0.400. The topological polar surface area (TPSA) is 64.2 Å². The van der Waals surface area contributed by atoms with Gasteiger partial charge in [0, 0.05) is 20.1 Å². The van der Waals surface area contributed by atoms with Crippen molar-refractivity contribution in [1.29, 1.82) is 0 Å². The quantitative estimate of drug-likeness (QED) is 0.642. The molecular weight excluding hydrogens is 268 g/mol. The average molecular weight is 286 g/mol. The Balaban J connectivity index is 2.02. The van der Waals surface area contributed by atoms with Gasteiger partial charge in [0.2, 0.25) is 5.82 Å². The molecule has 1 aliphatic rings. The molecule has 6 nitrogen and oxygen atoms in total. The zero-order valence-electron chi connectivity index (χ0n) is 12.2. The van der Waals surface area contributed by atoms with Crippen molar-refractivity contribution in [3.63, 3.8) is 0 Å². The van der Waals surface area contributed by atoms with Crippen LogP contribution in [0.1, 0.15) is 23.7 Å². The third-order valence-corrected chi connectivity index (χ3v) is 4.01. The molecule has 0 saturated carbocycles. The van der Waals surface area contributed by atoms with Gasteiger partial charge < -0.3 is 4.90 Å². The van der Waals surface area contributed by atoms with Crippen molar-refractivity contribution >= 4 is 11.5 Å². The summed E-state index contributed by atoms with van der Waals surface area (Å²) in [5.74, 6) is 0.617. The van der Waals surface area contributed by atoms with E-state index >= 15 is 0 Å². The molecule has 0 radical (unpaired) electrons. The van der Waals surface area contributed by atoms with E-state index in [0.717, 1.165) is 13.0 Å². The van der Waals surface area contributed by atoms with Crippen molar-refractivity contribution in [2.75, 3.05) is 11.4 Å². The Hall–Kier alpha value is -2.37. The molecule has 0 aliphatic carbocycles. The van der Waals surface area contributed by atoms with Crippen LogP contribution in [-0.2, 0) is 26.4 Å². The molecule has 0 N–H and O–H groups in total. The van der Waals surface area contributed by atoms with Gasteiger partial charge in [-0.3, -0.25) is 10.1 Å². The molecule has 0 spiro atoms. The van der Waals surface area contributed by atoms with Gasteiger partial charge in [-0.05, 0) is 24.0 Å². The first-order chi connectivity index (χ1) is 10.1. The summed E-state index contributed by atoms with van der Waals surface area (Å²) in [7, 11) is 1.78. The van der Waals surface area contributed by atoms with Crippen molar-refractivity contribution in [2.24, 2.45) is 7.05 Å². The lowest BCUT2D eigenvalue weighted by molar-refractivity contribution is -0.384. The summed E-state index contributed by atoms with van der Waals surface area (Å²) in [5, 5.41) is 15.7. The molecule has 21 heavy (non-hydrogen) atoms. The van der Waals surface area contributed by atoms with Gasteiger partial charge in [-0.1, -0.05) is 31.2 Å². The van der Waals surface area contributed by atoms with Crippen molar-refractivity contribution in [1.82, 2.24) is 9.78 Å². The predicted octanol–water partition coefficient (Wildman–Crippen LogP) is 2.45. The number of hydrogen-bond acceptors (Lipinski definition) is 4. The highest BCUT2D eigenvalue weighted by molar-refractivity contribution is 5.62. The molecule has 1 aromatic carbocycles. The summed E-state index contributed by atoms with van der Waals surface area (Å²) < 4.78 is 1.64.